The number of aromatic nitrogens is 1. The fraction of sp³-hybridized carbons (Fsp3) is 0.400. The molecule has 0 unspecified atom stereocenters. The van der Waals surface area contributed by atoms with E-state index < -0.39 is 38.0 Å². The Kier molecular flexibility index (Phi) is 7.11. The molecular weight excluding hydrogens is 408 g/mol. The standard InChI is InChI=1S/C20H24N4O5S/c25-20-15-23(30(28,29)19-12-5-4-11-18(19)24(26)27)14-17-10-7-9-16(22-17)8-3-1-2-6-13-21-20/h4-5,7,9-12H,1-3,6,8,13-15H2,(H,21,25). The lowest BCUT2D eigenvalue weighted by Gasteiger charge is -2.22. The quantitative estimate of drug-likeness (QED) is 0.587. The zero-order valence-corrected chi connectivity index (χ0v) is 17.3. The van der Waals surface area contributed by atoms with Gasteiger partial charge >= 0.3 is 0 Å². The second kappa shape index (κ2) is 9.77. The third kappa shape index (κ3) is 5.39. The lowest BCUT2D eigenvalue weighted by Crippen LogP contribution is -2.41. The molecule has 0 fully saturated rings. The van der Waals surface area contributed by atoms with Gasteiger partial charge in [-0.1, -0.05) is 31.0 Å². The van der Waals surface area contributed by atoms with Gasteiger partial charge in [0.05, 0.1) is 23.7 Å². The predicted octanol–water partition coefficient (Wildman–Crippen LogP) is 2.41. The van der Waals surface area contributed by atoms with Crippen LogP contribution in [0.25, 0.3) is 0 Å². The van der Waals surface area contributed by atoms with Crippen LogP contribution in [-0.2, 0) is 27.8 Å². The van der Waals surface area contributed by atoms with Gasteiger partial charge in [0.2, 0.25) is 5.91 Å². The Morgan fingerprint density at radius 1 is 0.967 bits per heavy atom. The number of fused-ring (bicyclic) bond motifs is 2. The van der Waals surface area contributed by atoms with Gasteiger partial charge in [-0.25, -0.2) is 8.42 Å². The molecular formula is C20H24N4O5S. The minimum atomic E-state index is -4.32. The minimum Gasteiger partial charge on any atom is -0.355 e. The summed E-state index contributed by atoms with van der Waals surface area (Å²) in [5.74, 6) is -0.453. The number of sulfonamides is 1. The maximum absolute atomic E-state index is 13.3. The Morgan fingerprint density at radius 3 is 2.50 bits per heavy atom. The molecule has 0 aliphatic carbocycles. The molecule has 1 amide bonds. The number of aryl methyl sites for hydroxylation is 1. The highest BCUT2D eigenvalue weighted by atomic mass is 32.2. The predicted molar refractivity (Wildman–Crippen MR) is 110 cm³/mol. The number of nitro benzene ring substituents is 1. The number of pyridine rings is 1. The van der Waals surface area contributed by atoms with Crippen LogP contribution in [-0.4, -0.2) is 41.6 Å². The number of rotatable bonds is 3. The van der Waals surface area contributed by atoms with Crippen LogP contribution in [0.4, 0.5) is 5.69 Å². The number of benzene rings is 1. The zero-order chi connectivity index (χ0) is 21.6. The molecule has 0 atom stereocenters. The van der Waals surface area contributed by atoms with Gasteiger partial charge < -0.3 is 5.32 Å². The molecule has 30 heavy (non-hydrogen) atoms. The molecule has 3 rings (SSSR count). The van der Waals surface area contributed by atoms with Crippen LogP contribution < -0.4 is 5.32 Å². The molecule has 2 aromatic rings. The number of para-hydroxylation sites is 1. The Balaban J connectivity index is 2.00. The van der Waals surface area contributed by atoms with Gasteiger partial charge in [-0.2, -0.15) is 4.31 Å². The van der Waals surface area contributed by atoms with Gasteiger partial charge in [-0.15, -0.1) is 0 Å². The van der Waals surface area contributed by atoms with Gasteiger partial charge in [-0.05, 0) is 37.5 Å². The molecule has 9 nitrogen and oxygen atoms in total. The Morgan fingerprint density at radius 2 is 1.70 bits per heavy atom. The van der Waals surface area contributed by atoms with Gasteiger partial charge in [-0.3, -0.25) is 19.9 Å². The summed E-state index contributed by atoms with van der Waals surface area (Å²) < 4.78 is 27.6. The first-order valence-corrected chi connectivity index (χ1v) is 11.3. The van der Waals surface area contributed by atoms with Crippen molar-refractivity contribution in [3.8, 4) is 0 Å². The van der Waals surface area contributed by atoms with E-state index in [9.17, 15) is 23.3 Å². The number of nitrogens with zero attached hydrogens (tertiary/aromatic N) is 3. The molecule has 1 aliphatic rings. The van der Waals surface area contributed by atoms with Gasteiger partial charge in [0, 0.05) is 18.3 Å². The summed E-state index contributed by atoms with van der Waals surface area (Å²) in [6, 6.07) is 10.5. The molecule has 1 aliphatic heterocycles. The van der Waals surface area contributed by atoms with E-state index in [2.05, 4.69) is 10.3 Å². The molecule has 1 aromatic carbocycles. The molecule has 0 spiro atoms. The second-order valence-corrected chi connectivity index (χ2v) is 9.04. The van der Waals surface area contributed by atoms with E-state index in [1.165, 1.54) is 18.2 Å². The van der Waals surface area contributed by atoms with Crippen molar-refractivity contribution in [1.29, 1.82) is 0 Å². The van der Waals surface area contributed by atoms with Crippen LogP contribution in [0, 0.1) is 10.1 Å². The molecule has 2 bridgehead atoms. The van der Waals surface area contributed by atoms with E-state index >= 15 is 0 Å². The normalized spacial score (nSPS) is 17.0. The Bertz CT molecular complexity index is 1030. The van der Waals surface area contributed by atoms with Crippen LogP contribution >= 0.6 is 0 Å². The van der Waals surface area contributed by atoms with E-state index in [0.29, 0.717) is 12.2 Å². The first-order valence-electron chi connectivity index (χ1n) is 9.83. The summed E-state index contributed by atoms with van der Waals surface area (Å²) in [4.78, 5) is 27.1. The number of hydrogen-bond acceptors (Lipinski definition) is 6. The summed E-state index contributed by atoms with van der Waals surface area (Å²) in [6.07, 6.45) is 4.54. The number of hydrogen-bond donors (Lipinski definition) is 1. The van der Waals surface area contributed by atoms with E-state index in [-0.39, 0.29) is 6.54 Å². The number of carbonyl (C=O) groups is 1. The van der Waals surface area contributed by atoms with Crippen molar-refractivity contribution in [2.75, 3.05) is 13.1 Å². The van der Waals surface area contributed by atoms with Gasteiger partial charge in [0.1, 0.15) is 0 Å². The van der Waals surface area contributed by atoms with Crippen molar-refractivity contribution < 1.29 is 18.1 Å². The molecule has 0 saturated carbocycles. The van der Waals surface area contributed by atoms with Crippen molar-refractivity contribution in [3.63, 3.8) is 0 Å². The maximum atomic E-state index is 13.3. The monoisotopic (exact) mass is 432 g/mol. The topological polar surface area (TPSA) is 123 Å². The fourth-order valence-corrected chi connectivity index (χ4v) is 4.88. The van der Waals surface area contributed by atoms with Crippen LogP contribution in [0.1, 0.15) is 37.1 Å². The summed E-state index contributed by atoms with van der Waals surface area (Å²) in [5, 5.41) is 14.1. The lowest BCUT2D eigenvalue weighted by atomic mass is 10.1. The zero-order valence-electron chi connectivity index (χ0n) is 16.5. The number of nitro groups is 1. The van der Waals surface area contributed by atoms with Crippen molar-refractivity contribution >= 4 is 21.6 Å². The SMILES string of the molecule is O=C1CN(S(=O)(=O)c2ccccc2[N+](=O)[O-])Cc2cccc(n2)CCCCCCN1. The second-order valence-electron chi connectivity index (χ2n) is 7.13. The average molecular weight is 433 g/mol. The molecule has 1 aromatic heterocycles. The molecule has 2 heterocycles. The van der Waals surface area contributed by atoms with Crippen molar-refractivity contribution in [3.05, 3.63) is 64.0 Å². The summed E-state index contributed by atoms with van der Waals surface area (Å²) in [5.41, 5.74) is 0.815. The summed E-state index contributed by atoms with van der Waals surface area (Å²) in [6.45, 7) is -0.141. The van der Waals surface area contributed by atoms with Crippen molar-refractivity contribution in [1.82, 2.24) is 14.6 Å². The lowest BCUT2D eigenvalue weighted by molar-refractivity contribution is -0.387. The molecule has 0 radical (unpaired) electrons. The highest BCUT2D eigenvalue weighted by Crippen LogP contribution is 2.27. The largest absolute Gasteiger partial charge is 0.355 e. The Labute approximate surface area is 175 Å². The van der Waals surface area contributed by atoms with E-state index in [1.54, 1.807) is 12.1 Å². The first kappa shape index (κ1) is 21.8. The highest BCUT2D eigenvalue weighted by Gasteiger charge is 2.33. The smallest absolute Gasteiger partial charge is 0.289 e. The molecule has 0 saturated heterocycles. The number of nitrogens with one attached hydrogen (secondary N) is 1. The third-order valence-electron chi connectivity index (χ3n) is 4.88. The summed E-state index contributed by atoms with van der Waals surface area (Å²) in [7, 11) is -4.32. The van der Waals surface area contributed by atoms with E-state index in [1.807, 2.05) is 6.07 Å². The van der Waals surface area contributed by atoms with Gasteiger partial charge in [0.15, 0.2) is 4.90 Å². The van der Waals surface area contributed by atoms with Crippen LogP contribution in [0.3, 0.4) is 0 Å². The summed E-state index contributed by atoms with van der Waals surface area (Å²) >= 11 is 0. The fourth-order valence-electron chi connectivity index (χ4n) is 3.36. The highest BCUT2D eigenvalue weighted by molar-refractivity contribution is 7.89. The molecule has 160 valence electrons. The number of amides is 1. The van der Waals surface area contributed by atoms with Crippen LogP contribution in [0.2, 0.25) is 0 Å². The van der Waals surface area contributed by atoms with Crippen molar-refractivity contribution in [2.45, 2.75) is 43.5 Å². The maximum Gasteiger partial charge on any atom is 0.289 e. The Hall–Kier alpha value is -2.85. The average Bonchev–Trinajstić information content (AvgIpc) is 2.72. The number of carbonyl (C=O) groups excluding carboxylic acids is 1. The van der Waals surface area contributed by atoms with Gasteiger partial charge in [0.25, 0.3) is 15.7 Å². The van der Waals surface area contributed by atoms with Crippen LogP contribution in [0.5, 0.6) is 0 Å². The van der Waals surface area contributed by atoms with E-state index in [4.69, 9.17) is 0 Å². The van der Waals surface area contributed by atoms with Crippen LogP contribution in [0.15, 0.2) is 47.4 Å². The molecule has 1 N–H and O–H groups in total. The molecule has 10 heteroatoms. The van der Waals surface area contributed by atoms with Crippen molar-refractivity contribution in [2.24, 2.45) is 0 Å². The van der Waals surface area contributed by atoms with E-state index in [0.717, 1.165) is 48.2 Å². The third-order valence-corrected chi connectivity index (χ3v) is 6.72. The minimum absolute atomic E-state index is 0.157. The first-order chi connectivity index (χ1) is 14.4.